The van der Waals surface area contributed by atoms with Crippen molar-refractivity contribution in [3.8, 4) is 0 Å². The van der Waals surface area contributed by atoms with Crippen LogP contribution in [0.4, 0.5) is 0 Å². The normalized spacial score (nSPS) is 11.8. The Balaban J connectivity index is 1.49. The van der Waals surface area contributed by atoms with Gasteiger partial charge in [0.25, 0.3) is 0 Å². The number of benzene rings is 2. The summed E-state index contributed by atoms with van der Waals surface area (Å²) in [6.07, 6.45) is 7.04. The van der Waals surface area contributed by atoms with Crippen molar-refractivity contribution in [2.75, 3.05) is 12.3 Å². The van der Waals surface area contributed by atoms with E-state index in [9.17, 15) is 0 Å². The number of rotatable bonds is 8. The molecule has 2 aromatic rings. The molecule has 2 atom stereocenters. The highest BCUT2D eigenvalue weighted by atomic mass is 31.1. The molecule has 0 fully saturated rings. The lowest BCUT2D eigenvalue weighted by atomic mass is 10.2. The molecule has 2 rings (SSSR count). The van der Waals surface area contributed by atoms with Gasteiger partial charge in [0, 0.05) is 6.42 Å². The molecule has 0 heterocycles. The first kappa shape index (κ1) is 14.7. The quantitative estimate of drug-likeness (QED) is 0.492. The molecule has 0 saturated carbocycles. The third kappa shape index (κ3) is 6.33. The van der Waals surface area contributed by atoms with Gasteiger partial charge in [0.15, 0.2) is 0 Å². The van der Waals surface area contributed by atoms with Crippen molar-refractivity contribution < 1.29 is 0 Å². The molecule has 100 valence electrons. The van der Waals surface area contributed by atoms with E-state index in [2.05, 4.69) is 60.7 Å². The van der Waals surface area contributed by atoms with Crippen LogP contribution in [0.5, 0.6) is 0 Å². The van der Waals surface area contributed by atoms with Gasteiger partial charge in [0.05, 0.1) is 24.6 Å². The van der Waals surface area contributed by atoms with Crippen molar-refractivity contribution in [1.29, 1.82) is 0 Å². The van der Waals surface area contributed by atoms with Gasteiger partial charge in [-0.3, -0.25) is 0 Å². The smallest absolute Gasteiger partial charge is 0.0622 e. The maximum atomic E-state index is 2.26. The summed E-state index contributed by atoms with van der Waals surface area (Å²) in [5.41, 5.74) is 3.04. The van der Waals surface area contributed by atoms with Crippen molar-refractivity contribution >= 4 is 17.2 Å². The van der Waals surface area contributed by atoms with E-state index in [-0.39, 0.29) is 0 Å². The molecule has 0 aromatic heterocycles. The Hall–Kier alpha value is -0.700. The Bertz CT molecular complexity index is 396. The highest BCUT2D eigenvalue weighted by Crippen LogP contribution is 2.23. The van der Waals surface area contributed by atoms with Crippen molar-refractivity contribution in [3.05, 3.63) is 71.8 Å². The summed E-state index contributed by atoms with van der Waals surface area (Å²) in [4.78, 5) is 0. The van der Waals surface area contributed by atoms with E-state index in [1.807, 2.05) is 0 Å². The SMILES string of the molecule is c1ccc(C[PH2+]CCC[PH2+]Cc2ccccc2)cc1. The third-order valence-electron chi connectivity index (χ3n) is 3.26. The Morgan fingerprint density at radius 3 is 1.42 bits per heavy atom. The summed E-state index contributed by atoms with van der Waals surface area (Å²) in [7, 11) is 1.24. The first-order chi connectivity index (χ1) is 9.45. The van der Waals surface area contributed by atoms with E-state index in [1.54, 1.807) is 0 Å². The molecule has 19 heavy (non-hydrogen) atoms. The lowest BCUT2D eigenvalue weighted by Crippen LogP contribution is -1.84. The molecule has 2 heteroatoms. The second kappa shape index (κ2) is 9.24. The third-order valence-corrected chi connectivity index (χ3v) is 6.42. The predicted octanol–water partition coefficient (Wildman–Crippen LogP) is 4.60. The fraction of sp³-hybridized carbons (Fsp3) is 0.294. The molecule has 2 aromatic carbocycles. The average molecular weight is 290 g/mol. The summed E-state index contributed by atoms with van der Waals surface area (Å²) in [6, 6.07) is 21.8. The van der Waals surface area contributed by atoms with Gasteiger partial charge in [-0.2, -0.15) is 0 Å². The van der Waals surface area contributed by atoms with E-state index in [0.717, 1.165) is 0 Å². The summed E-state index contributed by atoms with van der Waals surface area (Å²) in [6.45, 7) is 0. The molecule has 0 amide bonds. The topological polar surface area (TPSA) is 0 Å². The van der Waals surface area contributed by atoms with Crippen molar-refractivity contribution in [3.63, 3.8) is 0 Å². The predicted molar refractivity (Wildman–Crippen MR) is 94.1 cm³/mol. The van der Waals surface area contributed by atoms with Crippen LogP contribution in [-0.2, 0) is 12.3 Å². The zero-order valence-electron chi connectivity index (χ0n) is 11.5. The number of hydrogen-bond donors (Lipinski definition) is 0. The lowest BCUT2D eigenvalue weighted by Gasteiger charge is -1.97. The van der Waals surface area contributed by atoms with Crippen LogP contribution in [0.25, 0.3) is 0 Å². The van der Waals surface area contributed by atoms with Gasteiger partial charge < -0.3 is 0 Å². The van der Waals surface area contributed by atoms with E-state index < -0.39 is 0 Å². The molecule has 2 unspecified atom stereocenters. The first-order valence-electron chi connectivity index (χ1n) is 7.16. The minimum absolute atomic E-state index is 0.618. The second-order valence-electron chi connectivity index (χ2n) is 4.89. The molecule has 0 bridgehead atoms. The zero-order valence-corrected chi connectivity index (χ0v) is 13.8. The van der Waals surface area contributed by atoms with Crippen molar-refractivity contribution in [2.45, 2.75) is 18.7 Å². The maximum absolute atomic E-state index is 2.26. The highest BCUT2D eigenvalue weighted by Gasteiger charge is 2.01. The van der Waals surface area contributed by atoms with Crippen molar-refractivity contribution in [1.82, 2.24) is 0 Å². The van der Waals surface area contributed by atoms with Crippen LogP contribution in [0.1, 0.15) is 17.5 Å². The first-order valence-corrected chi connectivity index (χ1v) is 10.4. The zero-order chi connectivity index (χ0) is 13.2. The molecule has 0 aliphatic heterocycles. The van der Waals surface area contributed by atoms with Crippen LogP contribution in [0.2, 0.25) is 0 Å². The Morgan fingerprint density at radius 2 is 1.00 bits per heavy atom. The highest BCUT2D eigenvalue weighted by molar-refractivity contribution is 7.38. The van der Waals surface area contributed by atoms with Crippen LogP contribution in [0.15, 0.2) is 60.7 Å². The summed E-state index contributed by atoms with van der Waals surface area (Å²) in [5, 5.41) is 0. The monoisotopic (exact) mass is 290 g/mol. The fourth-order valence-electron chi connectivity index (χ4n) is 2.17. The van der Waals surface area contributed by atoms with Crippen LogP contribution < -0.4 is 0 Å². The second-order valence-corrected chi connectivity index (χ2v) is 8.01. The van der Waals surface area contributed by atoms with Crippen LogP contribution in [0, 0.1) is 0 Å². The summed E-state index contributed by atoms with van der Waals surface area (Å²) >= 11 is 0. The van der Waals surface area contributed by atoms with Gasteiger partial charge in [-0.1, -0.05) is 60.7 Å². The Morgan fingerprint density at radius 1 is 0.579 bits per heavy atom. The minimum Gasteiger partial charge on any atom is -0.0622 e. The molecule has 0 aliphatic carbocycles. The summed E-state index contributed by atoms with van der Waals surface area (Å²) in [5.74, 6) is 0. The largest absolute Gasteiger partial charge is 0.0797 e. The van der Waals surface area contributed by atoms with Gasteiger partial charge >= 0.3 is 0 Å². The van der Waals surface area contributed by atoms with E-state index in [4.69, 9.17) is 0 Å². The summed E-state index contributed by atoms with van der Waals surface area (Å²) < 4.78 is 0. The Kier molecular flexibility index (Phi) is 7.15. The molecular formula is C17H24P2+2. The van der Waals surface area contributed by atoms with Gasteiger partial charge in [0.2, 0.25) is 0 Å². The Labute approximate surface area is 120 Å². The van der Waals surface area contributed by atoms with E-state index >= 15 is 0 Å². The van der Waals surface area contributed by atoms with Crippen LogP contribution >= 0.6 is 17.2 Å². The van der Waals surface area contributed by atoms with Crippen molar-refractivity contribution in [2.24, 2.45) is 0 Å². The molecule has 0 nitrogen and oxygen atoms in total. The van der Waals surface area contributed by atoms with Crippen LogP contribution in [0.3, 0.4) is 0 Å². The molecule has 0 radical (unpaired) electrons. The van der Waals surface area contributed by atoms with Gasteiger partial charge in [0.1, 0.15) is 0 Å². The molecular weight excluding hydrogens is 266 g/mol. The van der Waals surface area contributed by atoms with E-state index in [1.165, 1.54) is 42.2 Å². The molecule has 0 N–H and O–H groups in total. The maximum Gasteiger partial charge on any atom is 0.0797 e. The van der Waals surface area contributed by atoms with Gasteiger partial charge in [-0.05, 0) is 28.3 Å². The number of hydrogen-bond acceptors (Lipinski definition) is 0. The standard InChI is InChI=1S/C17H22P2/c1-3-8-16(9-4-1)14-18-12-7-13-19-15-17-10-5-2-6-11-17/h1-6,8-11,18-19H,7,12-15H2/p+2. The molecule has 0 aliphatic rings. The van der Waals surface area contributed by atoms with Crippen LogP contribution in [-0.4, -0.2) is 12.3 Å². The fourth-order valence-corrected chi connectivity index (χ4v) is 5.31. The molecule has 0 spiro atoms. The van der Waals surface area contributed by atoms with Gasteiger partial charge in [-0.15, -0.1) is 0 Å². The minimum atomic E-state index is 0.618. The van der Waals surface area contributed by atoms with Gasteiger partial charge in [-0.25, -0.2) is 0 Å². The van der Waals surface area contributed by atoms with E-state index in [0.29, 0.717) is 17.2 Å². The lowest BCUT2D eigenvalue weighted by molar-refractivity contribution is 1.10. The average Bonchev–Trinajstić information content (AvgIpc) is 2.48. The molecule has 0 saturated heterocycles.